The molecule has 1 aliphatic heterocycles. The molecule has 1 fully saturated rings. The molecular formula is C71H114O12. The molecule has 1 rings (SSSR count). The quantitative estimate of drug-likeness (QED) is 0.0228. The molecule has 0 spiro atoms. The lowest BCUT2D eigenvalue weighted by Crippen LogP contribution is -2.61. The summed E-state index contributed by atoms with van der Waals surface area (Å²) in [6.07, 6.45) is 67.3. The average Bonchev–Trinajstić information content (AvgIpc) is 3.58. The minimum absolute atomic E-state index is 0.0363. The van der Waals surface area contributed by atoms with Crippen LogP contribution in [0.15, 0.2) is 122 Å². The minimum Gasteiger partial charge on any atom is -0.479 e. The fraction of sp³-hybridized carbons (Fsp3) is 0.662. The van der Waals surface area contributed by atoms with E-state index in [2.05, 4.69) is 130 Å². The molecule has 1 heterocycles. The van der Waals surface area contributed by atoms with Gasteiger partial charge in [0.1, 0.15) is 18.8 Å². The summed E-state index contributed by atoms with van der Waals surface area (Å²) in [4.78, 5) is 51.3. The molecule has 0 aromatic heterocycles. The number of aliphatic hydroxyl groups is 2. The molecule has 3 N–H and O–H groups in total. The van der Waals surface area contributed by atoms with E-state index in [9.17, 15) is 34.5 Å². The number of carbonyl (C=O) groups excluding carboxylic acids is 3. The molecule has 0 aromatic rings. The van der Waals surface area contributed by atoms with Gasteiger partial charge >= 0.3 is 23.9 Å². The molecule has 0 saturated carbocycles. The number of carbonyl (C=O) groups is 4. The van der Waals surface area contributed by atoms with Gasteiger partial charge in [-0.05, 0) is 122 Å². The lowest BCUT2D eigenvalue weighted by molar-refractivity contribution is -0.301. The van der Waals surface area contributed by atoms with Crippen molar-refractivity contribution < 1.29 is 58.2 Å². The van der Waals surface area contributed by atoms with Gasteiger partial charge in [0, 0.05) is 19.3 Å². The Kier molecular flexibility index (Phi) is 52.8. The number of aliphatic carboxylic acids is 1. The van der Waals surface area contributed by atoms with Crippen LogP contribution in [0.25, 0.3) is 0 Å². The number of carboxylic acids is 1. The Morgan fingerprint density at radius 1 is 0.410 bits per heavy atom. The molecule has 0 aromatic carbocycles. The van der Waals surface area contributed by atoms with Crippen molar-refractivity contribution in [1.29, 1.82) is 0 Å². The lowest BCUT2D eigenvalue weighted by atomic mass is 9.98. The van der Waals surface area contributed by atoms with Gasteiger partial charge in [-0.15, -0.1) is 0 Å². The van der Waals surface area contributed by atoms with E-state index in [0.29, 0.717) is 19.3 Å². The SMILES string of the molecule is CC/C=C\C/C=C\C/C=C\C/C=C\C/C=C\C/C=C\CCC(=O)OCC(COC1OC(C(=O)O)C(O)C(O)C1OC(=O)CCCCCCC/C=C\CCCCCCCC)OC(=O)CCCCCCCC/C=C\C/C=C\C/C=C\CCCCC. The number of unbranched alkanes of at least 4 members (excludes halogenated alkanes) is 20. The second-order valence-corrected chi connectivity index (χ2v) is 21.7. The van der Waals surface area contributed by atoms with Crippen LogP contribution in [0, 0.1) is 0 Å². The maximum Gasteiger partial charge on any atom is 0.335 e. The van der Waals surface area contributed by atoms with Crippen molar-refractivity contribution in [3.05, 3.63) is 122 Å². The first-order valence-electron chi connectivity index (χ1n) is 32.5. The van der Waals surface area contributed by atoms with Gasteiger partial charge in [-0.1, -0.05) is 232 Å². The molecule has 470 valence electrons. The molecule has 0 bridgehead atoms. The second-order valence-electron chi connectivity index (χ2n) is 21.7. The highest BCUT2D eigenvalue weighted by atomic mass is 16.7. The summed E-state index contributed by atoms with van der Waals surface area (Å²) in [6, 6.07) is 0. The summed E-state index contributed by atoms with van der Waals surface area (Å²) in [7, 11) is 0. The summed E-state index contributed by atoms with van der Waals surface area (Å²) in [5.41, 5.74) is 0. The van der Waals surface area contributed by atoms with Crippen molar-refractivity contribution in [3.63, 3.8) is 0 Å². The highest BCUT2D eigenvalue weighted by Gasteiger charge is 2.50. The van der Waals surface area contributed by atoms with Crippen LogP contribution in [0.4, 0.5) is 0 Å². The maximum absolute atomic E-state index is 13.2. The third kappa shape index (κ3) is 47.1. The van der Waals surface area contributed by atoms with Crippen LogP contribution in [0.1, 0.15) is 252 Å². The third-order valence-corrected chi connectivity index (χ3v) is 14.0. The third-order valence-electron chi connectivity index (χ3n) is 14.0. The molecule has 6 atom stereocenters. The monoisotopic (exact) mass is 1160 g/mol. The molecular weight excluding hydrogens is 1040 g/mol. The summed E-state index contributed by atoms with van der Waals surface area (Å²) in [5, 5.41) is 31.6. The van der Waals surface area contributed by atoms with Crippen molar-refractivity contribution in [2.24, 2.45) is 0 Å². The van der Waals surface area contributed by atoms with E-state index in [4.69, 9.17) is 23.7 Å². The predicted molar refractivity (Wildman–Crippen MR) is 340 cm³/mol. The first-order chi connectivity index (χ1) is 40.6. The van der Waals surface area contributed by atoms with Crippen molar-refractivity contribution >= 4 is 23.9 Å². The molecule has 0 radical (unpaired) electrons. The Labute approximate surface area is 503 Å². The van der Waals surface area contributed by atoms with E-state index in [1.807, 2.05) is 12.2 Å². The largest absolute Gasteiger partial charge is 0.479 e. The number of hydrogen-bond acceptors (Lipinski definition) is 11. The molecule has 6 unspecified atom stereocenters. The van der Waals surface area contributed by atoms with E-state index in [-0.39, 0.29) is 25.9 Å². The van der Waals surface area contributed by atoms with Gasteiger partial charge in [-0.25, -0.2) is 4.79 Å². The first-order valence-corrected chi connectivity index (χ1v) is 32.5. The zero-order chi connectivity index (χ0) is 60.3. The zero-order valence-corrected chi connectivity index (χ0v) is 51.9. The standard InChI is InChI=1S/C71H114O12/c1-4-7-10-13-16-19-22-25-28-30-32-34-37-39-42-45-48-51-54-57-63(72)79-60-62(81-64(73)58-55-52-49-46-43-41-38-35-33-31-29-26-23-20-17-14-11-8-5-2)61-80-71-69(67(76)66(75)68(83-71)70(77)78)82-65(74)59-56-53-50-47-44-40-36-27-24-21-18-15-12-9-6-3/h7,10,16-17,19-20,25-29,32-36,39,42,48,51,62,66-69,71,75-76H,4-6,8-9,11-15,18,21-24,30-31,37-38,40-41,43-47,49-50,52-61H2,1-3H3,(H,77,78)/b10-7-,19-16-,20-17-,28-25-,29-26-,34-32-,35-33-,36-27-,42-39-,51-48-. The molecule has 12 heteroatoms. The van der Waals surface area contributed by atoms with E-state index in [0.717, 1.165) is 128 Å². The molecule has 1 saturated heterocycles. The van der Waals surface area contributed by atoms with Gasteiger partial charge in [0.25, 0.3) is 0 Å². The Hall–Kier alpha value is -4.88. The minimum atomic E-state index is -1.92. The van der Waals surface area contributed by atoms with Gasteiger partial charge in [-0.3, -0.25) is 14.4 Å². The van der Waals surface area contributed by atoms with Crippen LogP contribution in [-0.2, 0) is 42.9 Å². The smallest absolute Gasteiger partial charge is 0.335 e. The molecule has 0 amide bonds. The Balaban J connectivity index is 2.74. The van der Waals surface area contributed by atoms with Gasteiger partial charge in [0.15, 0.2) is 24.6 Å². The normalized spacial score (nSPS) is 18.4. The van der Waals surface area contributed by atoms with E-state index in [1.165, 1.54) is 64.2 Å². The van der Waals surface area contributed by atoms with E-state index >= 15 is 0 Å². The summed E-state index contributed by atoms with van der Waals surface area (Å²) < 4.78 is 28.4. The van der Waals surface area contributed by atoms with Crippen LogP contribution in [-0.4, -0.2) is 89.2 Å². The summed E-state index contributed by atoms with van der Waals surface area (Å²) in [5.74, 6) is -3.27. The van der Waals surface area contributed by atoms with E-state index in [1.54, 1.807) is 0 Å². The van der Waals surface area contributed by atoms with Crippen LogP contribution < -0.4 is 0 Å². The number of esters is 3. The van der Waals surface area contributed by atoms with Gasteiger partial charge < -0.3 is 39.0 Å². The van der Waals surface area contributed by atoms with Crippen LogP contribution >= 0.6 is 0 Å². The molecule has 1 aliphatic rings. The number of allylic oxidation sites excluding steroid dienone is 20. The number of carboxylic acid groups (broad SMARTS) is 1. The highest BCUT2D eigenvalue weighted by Crippen LogP contribution is 2.26. The lowest BCUT2D eigenvalue weighted by Gasteiger charge is -2.40. The molecule has 83 heavy (non-hydrogen) atoms. The van der Waals surface area contributed by atoms with Crippen molar-refractivity contribution in [3.8, 4) is 0 Å². The molecule has 0 aliphatic carbocycles. The van der Waals surface area contributed by atoms with Gasteiger partial charge in [0.2, 0.25) is 0 Å². The summed E-state index contributed by atoms with van der Waals surface area (Å²) in [6.45, 7) is 5.78. The number of aliphatic hydroxyl groups excluding tert-OH is 2. The topological polar surface area (TPSA) is 175 Å². The number of hydrogen-bond donors (Lipinski definition) is 3. The van der Waals surface area contributed by atoms with E-state index < -0.39 is 67.3 Å². The Bertz CT molecular complexity index is 1900. The van der Waals surface area contributed by atoms with Gasteiger partial charge in [-0.2, -0.15) is 0 Å². The van der Waals surface area contributed by atoms with Crippen LogP contribution in [0.3, 0.4) is 0 Å². The number of ether oxygens (including phenoxy) is 5. The number of rotatable bonds is 54. The Morgan fingerprint density at radius 3 is 1.24 bits per heavy atom. The van der Waals surface area contributed by atoms with Crippen molar-refractivity contribution in [2.75, 3.05) is 13.2 Å². The van der Waals surface area contributed by atoms with Crippen LogP contribution in [0.5, 0.6) is 0 Å². The average molecular weight is 1160 g/mol. The van der Waals surface area contributed by atoms with Crippen LogP contribution in [0.2, 0.25) is 0 Å². The first kappa shape index (κ1) is 76.1. The fourth-order valence-electron chi connectivity index (χ4n) is 9.04. The maximum atomic E-state index is 13.2. The van der Waals surface area contributed by atoms with Crippen molar-refractivity contribution in [2.45, 2.75) is 289 Å². The van der Waals surface area contributed by atoms with Gasteiger partial charge in [0.05, 0.1) is 6.61 Å². The fourth-order valence-corrected chi connectivity index (χ4v) is 9.04. The summed E-state index contributed by atoms with van der Waals surface area (Å²) >= 11 is 0. The Morgan fingerprint density at radius 2 is 0.783 bits per heavy atom. The zero-order valence-electron chi connectivity index (χ0n) is 51.9. The molecule has 12 nitrogen and oxygen atoms in total. The highest BCUT2D eigenvalue weighted by molar-refractivity contribution is 5.74. The van der Waals surface area contributed by atoms with Crippen molar-refractivity contribution in [1.82, 2.24) is 0 Å². The second kappa shape index (κ2) is 57.5. The predicted octanol–water partition coefficient (Wildman–Crippen LogP) is 17.6.